The van der Waals surface area contributed by atoms with Gasteiger partial charge in [0.1, 0.15) is 4.87 Å². The molecule has 2 aliphatic heterocycles. The highest BCUT2D eigenvalue weighted by Gasteiger charge is 2.48. The van der Waals surface area contributed by atoms with Crippen molar-refractivity contribution in [2.75, 3.05) is 13.1 Å². The van der Waals surface area contributed by atoms with Crippen LogP contribution in [0.1, 0.15) is 12.8 Å². The molecule has 1 atom stereocenters. The Bertz CT molecular complexity index is 183. The van der Waals surface area contributed by atoms with Gasteiger partial charge in [-0.05, 0) is 31.3 Å². The number of hydrogen-bond donors (Lipinski definition) is 2. The molecule has 11 heavy (non-hydrogen) atoms. The Labute approximate surface area is 69.1 Å². The topological polar surface area (TPSA) is 52.6 Å². The van der Waals surface area contributed by atoms with Gasteiger partial charge in [0.25, 0.3) is 0 Å². The molecule has 0 aliphatic carbocycles. The van der Waals surface area contributed by atoms with Crippen molar-refractivity contribution in [2.24, 2.45) is 0 Å². The molecular formula is C6H10N2O2S. The van der Waals surface area contributed by atoms with E-state index >= 15 is 0 Å². The van der Waals surface area contributed by atoms with Gasteiger partial charge in [-0.2, -0.15) is 0 Å². The van der Waals surface area contributed by atoms with E-state index in [1.807, 2.05) is 0 Å². The van der Waals surface area contributed by atoms with E-state index in [1.54, 1.807) is 0 Å². The van der Waals surface area contributed by atoms with Crippen molar-refractivity contribution in [1.82, 2.24) is 9.62 Å². The maximum Gasteiger partial charge on any atom is 0.417 e. The fourth-order valence-electron chi connectivity index (χ4n) is 1.53. The van der Waals surface area contributed by atoms with Crippen molar-refractivity contribution in [2.45, 2.75) is 17.7 Å². The Kier molecular flexibility index (Phi) is 1.50. The molecule has 0 bridgehead atoms. The molecule has 0 radical (unpaired) electrons. The van der Waals surface area contributed by atoms with Gasteiger partial charge in [0.05, 0.1) is 6.54 Å². The van der Waals surface area contributed by atoms with E-state index in [-0.39, 0.29) is 4.87 Å². The van der Waals surface area contributed by atoms with E-state index in [0.717, 1.165) is 13.0 Å². The third-order valence-corrected chi connectivity index (χ3v) is 3.43. The minimum Gasteiger partial charge on any atom is -0.464 e. The van der Waals surface area contributed by atoms with Gasteiger partial charge in [-0.1, -0.05) is 0 Å². The lowest BCUT2D eigenvalue weighted by atomic mass is 10.2. The number of nitrogens with one attached hydrogen (secondary N) is 1. The Morgan fingerprint density at radius 2 is 2.45 bits per heavy atom. The van der Waals surface area contributed by atoms with Crippen LogP contribution in [0.5, 0.6) is 0 Å². The van der Waals surface area contributed by atoms with Crippen molar-refractivity contribution in [3.63, 3.8) is 0 Å². The highest BCUT2D eigenvalue weighted by molar-refractivity contribution is 8.00. The Hall–Kier alpha value is -0.420. The highest BCUT2D eigenvalue weighted by Crippen LogP contribution is 2.44. The van der Waals surface area contributed by atoms with Gasteiger partial charge in [-0.15, -0.1) is 0 Å². The zero-order valence-corrected chi connectivity index (χ0v) is 6.86. The fourth-order valence-corrected chi connectivity index (χ4v) is 2.69. The van der Waals surface area contributed by atoms with Crippen LogP contribution < -0.4 is 5.32 Å². The second-order valence-electron chi connectivity index (χ2n) is 2.94. The van der Waals surface area contributed by atoms with Gasteiger partial charge in [0.2, 0.25) is 0 Å². The number of carboxylic acid groups (broad SMARTS) is 1. The van der Waals surface area contributed by atoms with Crippen molar-refractivity contribution in [3.05, 3.63) is 0 Å². The summed E-state index contributed by atoms with van der Waals surface area (Å²) in [5, 5.41) is 11.9. The third-order valence-electron chi connectivity index (χ3n) is 2.10. The van der Waals surface area contributed by atoms with E-state index in [2.05, 4.69) is 5.32 Å². The van der Waals surface area contributed by atoms with Crippen LogP contribution in [-0.2, 0) is 0 Å². The van der Waals surface area contributed by atoms with Gasteiger partial charge < -0.3 is 5.11 Å². The second kappa shape index (κ2) is 2.28. The molecule has 5 heteroatoms. The lowest BCUT2D eigenvalue weighted by Crippen LogP contribution is -2.57. The number of nitrogens with zero attached hydrogens (tertiary/aromatic N) is 1. The largest absolute Gasteiger partial charge is 0.464 e. The molecule has 2 heterocycles. The number of carbonyl (C=O) groups is 1. The zero-order chi connectivity index (χ0) is 7.90. The summed E-state index contributed by atoms with van der Waals surface area (Å²) in [6.45, 7) is 1.67. The summed E-state index contributed by atoms with van der Waals surface area (Å²) in [6, 6.07) is 0. The standard InChI is InChI=1S/C6H10N2O2S/c9-5(10)8-4-6(11-8)2-1-3-7-6/h7H,1-4H2,(H,9,10). The Morgan fingerprint density at radius 3 is 2.91 bits per heavy atom. The van der Waals surface area contributed by atoms with Crippen LogP contribution in [0, 0.1) is 0 Å². The minimum atomic E-state index is -0.825. The summed E-state index contributed by atoms with van der Waals surface area (Å²) in [5.41, 5.74) is 0. The molecule has 2 aliphatic rings. The molecule has 4 nitrogen and oxygen atoms in total. The average molecular weight is 174 g/mol. The molecule has 1 spiro atoms. The van der Waals surface area contributed by atoms with Crippen molar-refractivity contribution < 1.29 is 9.90 Å². The lowest BCUT2D eigenvalue weighted by molar-refractivity contribution is 0.163. The van der Waals surface area contributed by atoms with Gasteiger partial charge in [0, 0.05) is 0 Å². The summed E-state index contributed by atoms with van der Waals surface area (Å²) >= 11 is 1.41. The first-order chi connectivity index (χ1) is 5.22. The molecule has 0 aromatic rings. The van der Waals surface area contributed by atoms with Gasteiger partial charge in [-0.3, -0.25) is 5.32 Å². The van der Waals surface area contributed by atoms with Crippen molar-refractivity contribution in [1.29, 1.82) is 0 Å². The molecule has 2 N–H and O–H groups in total. The molecule has 2 rings (SSSR count). The molecular weight excluding hydrogens is 164 g/mol. The Morgan fingerprint density at radius 1 is 1.73 bits per heavy atom. The van der Waals surface area contributed by atoms with E-state index in [0.29, 0.717) is 6.54 Å². The average Bonchev–Trinajstić information content (AvgIpc) is 2.29. The second-order valence-corrected chi connectivity index (χ2v) is 4.34. The molecule has 62 valence electrons. The van der Waals surface area contributed by atoms with Crippen LogP contribution in [0.3, 0.4) is 0 Å². The molecule has 1 unspecified atom stereocenters. The molecule has 0 aromatic heterocycles. The predicted molar refractivity (Wildman–Crippen MR) is 42.3 cm³/mol. The maximum absolute atomic E-state index is 10.4. The maximum atomic E-state index is 10.4. The molecule has 2 saturated heterocycles. The highest BCUT2D eigenvalue weighted by atomic mass is 32.2. The van der Waals surface area contributed by atoms with Gasteiger partial charge in [0.15, 0.2) is 0 Å². The lowest BCUT2D eigenvalue weighted by Gasteiger charge is -2.44. The molecule has 1 amide bonds. The molecule has 0 aromatic carbocycles. The van der Waals surface area contributed by atoms with Crippen LogP contribution in [0.15, 0.2) is 0 Å². The van der Waals surface area contributed by atoms with Crippen LogP contribution in [0.2, 0.25) is 0 Å². The predicted octanol–water partition coefficient (Wildman–Crippen LogP) is 0.708. The van der Waals surface area contributed by atoms with Crippen molar-refractivity contribution >= 4 is 18.0 Å². The van der Waals surface area contributed by atoms with Crippen LogP contribution in [0.4, 0.5) is 4.79 Å². The van der Waals surface area contributed by atoms with E-state index in [1.165, 1.54) is 22.7 Å². The first-order valence-electron chi connectivity index (χ1n) is 3.66. The smallest absolute Gasteiger partial charge is 0.417 e. The van der Waals surface area contributed by atoms with Crippen LogP contribution in [0.25, 0.3) is 0 Å². The summed E-state index contributed by atoms with van der Waals surface area (Å²) in [5.74, 6) is 0. The first-order valence-corrected chi connectivity index (χ1v) is 4.44. The van der Waals surface area contributed by atoms with E-state index in [9.17, 15) is 4.79 Å². The SMILES string of the molecule is O=C(O)N1CC2(CCCN2)S1. The van der Waals surface area contributed by atoms with Crippen molar-refractivity contribution in [3.8, 4) is 0 Å². The minimum absolute atomic E-state index is 0.0817. The van der Waals surface area contributed by atoms with Gasteiger partial charge in [-0.25, -0.2) is 9.10 Å². The first kappa shape index (κ1) is 7.24. The number of hydrogen-bond acceptors (Lipinski definition) is 3. The molecule has 2 fully saturated rings. The summed E-state index contributed by atoms with van der Waals surface area (Å²) in [4.78, 5) is 10.5. The monoisotopic (exact) mass is 174 g/mol. The zero-order valence-electron chi connectivity index (χ0n) is 6.04. The van der Waals surface area contributed by atoms with Crippen LogP contribution >= 0.6 is 11.9 Å². The van der Waals surface area contributed by atoms with Crippen LogP contribution in [-0.4, -0.2) is 33.5 Å². The van der Waals surface area contributed by atoms with E-state index in [4.69, 9.17) is 5.11 Å². The molecule has 0 saturated carbocycles. The van der Waals surface area contributed by atoms with E-state index < -0.39 is 6.09 Å². The summed E-state index contributed by atoms with van der Waals surface area (Å²) in [6.07, 6.45) is 1.44. The normalized spacial score (nSPS) is 35.8. The number of amides is 1. The van der Waals surface area contributed by atoms with Gasteiger partial charge >= 0.3 is 6.09 Å². The Balaban J connectivity index is 1.91. The number of rotatable bonds is 0. The summed E-state index contributed by atoms with van der Waals surface area (Å²) in [7, 11) is 0. The fraction of sp³-hybridized carbons (Fsp3) is 0.833. The quantitative estimate of drug-likeness (QED) is 0.531. The summed E-state index contributed by atoms with van der Waals surface area (Å²) < 4.78 is 1.37. The third kappa shape index (κ3) is 1.08.